The number of carbonyl (C=O) groups excluding carboxylic acids is 1. The van der Waals surface area contributed by atoms with Crippen LogP contribution in [0.25, 0.3) is 0 Å². The van der Waals surface area contributed by atoms with Crippen LogP contribution in [0.5, 0.6) is 0 Å². The van der Waals surface area contributed by atoms with Gasteiger partial charge in [-0.3, -0.25) is 4.79 Å². The number of benzene rings is 1. The van der Waals surface area contributed by atoms with E-state index in [0.717, 1.165) is 14.2 Å². The molecule has 0 unspecified atom stereocenters. The Morgan fingerprint density at radius 1 is 1.22 bits per heavy atom. The molecule has 0 saturated heterocycles. The van der Waals surface area contributed by atoms with Gasteiger partial charge >= 0.3 is 0 Å². The number of halogens is 1. The summed E-state index contributed by atoms with van der Waals surface area (Å²) in [5.74, 6) is 0.0601. The molecule has 18 heavy (non-hydrogen) atoms. The Balaban J connectivity index is 1.83. The zero-order valence-electron chi connectivity index (χ0n) is 10.1. The van der Waals surface area contributed by atoms with Crippen molar-refractivity contribution in [1.82, 2.24) is 5.32 Å². The molecule has 0 aliphatic rings. The van der Waals surface area contributed by atoms with E-state index in [0.29, 0.717) is 13.0 Å². The van der Waals surface area contributed by atoms with Crippen molar-refractivity contribution in [3.8, 4) is 0 Å². The smallest absolute Gasteiger partial charge is 0.225 e. The molecule has 0 bridgehead atoms. The van der Waals surface area contributed by atoms with Gasteiger partial charge in [0, 0.05) is 11.4 Å². The van der Waals surface area contributed by atoms with Crippen LogP contribution >= 0.6 is 27.3 Å². The van der Waals surface area contributed by atoms with Gasteiger partial charge in [0.05, 0.1) is 10.2 Å². The molecule has 1 aromatic heterocycles. The lowest BCUT2D eigenvalue weighted by atomic mass is 10.1. The number of thiophene rings is 1. The summed E-state index contributed by atoms with van der Waals surface area (Å²) in [5, 5.41) is 2.93. The van der Waals surface area contributed by atoms with Gasteiger partial charge in [0.25, 0.3) is 0 Å². The maximum Gasteiger partial charge on any atom is 0.225 e. The van der Waals surface area contributed by atoms with Crippen molar-refractivity contribution >= 4 is 33.2 Å². The molecule has 1 heterocycles. The molecule has 2 aromatic rings. The molecule has 1 amide bonds. The van der Waals surface area contributed by atoms with Crippen LogP contribution in [0, 0.1) is 6.92 Å². The van der Waals surface area contributed by atoms with Crippen LogP contribution in [0.1, 0.15) is 16.0 Å². The molecule has 2 rings (SSSR count). The van der Waals surface area contributed by atoms with E-state index in [2.05, 4.69) is 40.3 Å². The number of rotatable bonds is 4. The quantitative estimate of drug-likeness (QED) is 0.913. The zero-order valence-corrected chi connectivity index (χ0v) is 12.5. The first kappa shape index (κ1) is 13.3. The van der Waals surface area contributed by atoms with Crippen LogP contribution in [-0.4, -0.2) is 5.91 Å². The van der Waals surface area contributed by atoms with Gasteiger partial charge in [-0.1, -0.05) is 29.8 Å². The van der Waals surface area contributed by atoms with Gasteiger partial charge in [0.15, 0.2) is 0 Å². The molecule has 0 aliphatic carbocycles. The van der Waals surface area contributed by atoms with E-state index in [1.807, 2.05) is 24.3 Å². The Hall–Kier alpha value is -1.13. The molecule has 0 spiro atoms. The Kier molecular flexibility index (Phi) is 4.55. The van der Waals surface area contributed by atoms with Crippen molar-refractivity contribution in [2.24, 2.45) is 0 Å². The summed E-state index contributed by atoms with van der Waals surface area (Å²) in [5.41, 5.74) is 2.36. The van der Waals surface area contributed by atoms with E-state index in [4.69, 9.17) is 0 Å². The topological polar surface area (TPSA) is 29.1 Å². The normalized spacial score (nSPS) is 10.3. The molecule has 0 fully saturated rings. The minimum absolute atomic E-state index is 0.0601. The molecule has 0 aliphatic heterocycles. The lowest BCUT2D eigenvalue weighted by molar-refractivity contribution is -0.120. The molecule has 0 radical (unpaired) electrons. The highest BCUT2D eigenvalue weighted by Gasteiger charge is 2.05. The van der Waals surface area contributed by atoms with Crippen LogP contribution < -0.4 is 5.32 Å². The summed E-state index contributed by atoms with van der Waals surface area (Å²) in [6, 6.07) is 12.1. The Morgan fingerprint density at radius 2 is 1.94 bits per heavy atom. The number of nitrogens with one attached hydrogen (secondary N) is 1. The number of carbonyl (C=O) groups is 1. The fraction of sp³-hybridized carbons (Fsp3) is 0.214. The Labute approximate surface area is 119 Å². The molecule has 4 heteroatoms. The molecule has 1 aromatic carbocycles. The van der Waals surface area contributed by atoms with E-state index in [9.17, 15) is 4.79 Å². The second-order valence-electron chi connectivity index (χ2n) is 4.14. The van der Waals surface area contributed by atoms with Crippen LogP contribution in [0.4, 0.5) is 0 Å². The largest absolute Gasteiger partial charge is 0.352 e. The first-order valence-corrected chi connectivity index (χ1v) is 7.31. The number of aryl methyl sites for hydroxylation is 1. The summed E-state index contributed by atoms with van der Waals surface area (Å²) in [6.45, 7) is 2.64. The average Bonchev–Trinajstić information content (AvgIpc) is 2.74. The van der Waals surface area contributed by atoms with Crippen LogP contribution in [-0.2, 0) is 17.8 Å². The molecule has 0 saturated carbocycles. The minimum atomic E-state index is 0.0601. The second kappa shape index (κ2) is 6.16. The van der Waals surface area contributed by atoms with Gasteiger partial charge in [-0.15, -0.1) is 11.3 Å². The SMILES string of the molecule is Cc1ccc(CNC(=O)Cc2ccc(Br)s2)cc1. The zero-order chi connectivity index (χ0) is 13.0. The number of amides is 1. The summed E-state index contributed by atoms with van der Waals surface area (Å²) in [4.78, 5) is 12.8. The predicted octanol–water partition coefficient (Wildman–Crippen LogP) is 3.68. The van der Waals surface area contributed by atoms with E-state index >= 15 is 0 Å². The summed E-state index contributed by atoms with van der Waals surface area (Å²) in [7, 11) is 0. The molecular formula is C14H14BrNOS. The highest BCUT2D eigenvalue weighted by molar-refractivity contribution is 9.11. The van der Waals surface area contributed by atoms with E-state index in [-0.39, 0.29) is 5.91 Å². The van der Waals surface area contributed by atoms with E-state index in [1.165, 1.54) is 5.56 Å². The monoisotopic (exact) mass is 323 g/mol. The van der Waals surface area contributed by atoms with Crippen LogP contribution in [0.15, 0.2) is 40.2 Å². The molecule has 1 N–H and O–H groups in total. The first-order valence-electron chi connectivity index (χ1n) is 5.70. The van der Waals surface area contributed by atoms with Crippen molar-refractivity contribution in [3.63, 3.8) is 0 Å². The first-order chi connectivity index (χ1) is 8.63. The molecule has 94 valence electrons. The highest BCUT2D eigenvalue weighted by atomic mass is 79.9. The van der Waals surface area contributed by atoms with Gasteiger partial charge in [-0.25, -0.2) is 0 Å². The van der Waals surface area contributed by atoms with Gasteiger partial charge < -0.3 is 5.32 Å². The van der Waals surface area contributed by atoms with Crippen molar-refractivity contribution in [2.45, 2.75) is 19.9 Å². The second-order valence-corrected chi connectivity index (χ2v) is 6.69. The number of hydrogen-bond donors (Lipinski definition) is 1. The summed E-state index contributed by atoms with van der Waals surface area (Å²) in [6.07, 6.45) is 0.447. The lowest BCUT2D eigenvalue weighted by Gasteiger charge is -2.04. The molecular weight excluding hydrogens is 310 g/mol. The Bertz CT molecular complexity index is 533. The predicted molar refractivity (Wildman–Crippen MR) is 78.7 cm³/mol. The van der Waals surface area contributed by atoms with Crippen molar-refractivity contribution in [1.29, 1.82) is 0 Å². The van der Waals surface area contributed by atoms with Crippen LogP contribution in [0.3, 0.4) is 0 Å². The van der Waals surface area contributed by atoms with E-state index < -0.39 is 0 Å². The van der Waals surface area contributed by atoms with E-state index in [1.54, 1.807) is 11.3 Å². The third-order valence-electron chi connectivity index (χ3n) is 2.57. The van der Waals surface area contributed by atoms with Gasteiger partial charge in [-0.05, 0) is 40.5 Å². The fourth-order valence-corrected chi connectivity index (χ4v) is 3.06. The third-order valence-corrected chi connectivity index (χ3v) is 4.20. The maximum absolute atomic E-state index is 11.7. The van der Waals surface area contributed by atoms with Crippen molar-refractivity contribution < 1.29 is 4.79 Å². The third kappa shape index (κ3) is 3.96. The van der Waals surface area contributed by atoms with Crippen molar-refractivity contribution in [2.75, 3.05) is 0 Å². The average molecular weight is 324 g/mol. The molecule has 0 atom stereocenters. The van der Waals surface area contributed by atoms with Crippen LogP contribution in [0.2, 0.25) is 0 Å². The van der Waals surface area contributed by atoms with Gasteiger partial charge in [0.2, 0.25) is 5.91 Å². The fourth-order valence-electron chi connectivity index (χ4n) is 1.57. The van der Waals surface area contributed by atoms with Crippen molar-refractivity contribution in [3.05, 3.63) is 56.2 Å². The highest BCUT2D eigenvalue weighted by Crippen LogP contribution is 2.22. The molecule has 2 nitrogen and oxygen atoms in total. The van der Waals surface area contributed by atoms with Gasteiger partial charge in [-0.2, -0.15) is 0 Å². The van der Waals surface area contributed by atoms with Gasteiger partial charge in [0.1, 0.15) is 0 Å². The lowest BCUT2D eigenvalue weighted by Crippen LogP contribution is -2.24. The maximum atomic E-state index is 11.7. The standard InChI is InChI=1S/C14H14BrNOS/c1-10-2-4-11(5-3-10)9-16-14(17)8-12-6-7-13(15)18-12/h2-7H,8-9H2,1H3,(H,16,17). The number of hydrogen-bond acceptors (Lipinski definition) is 2. The minimum Gasteiger partial charge on any atom is -0.352 e. The summed E-state index contributed by atoms with van der Waals surface area (Å²) < 4.78 is 1.06. The summed E-state index contributed by atoms with van der Waals surface area (Å²) >= 11 is 4.99. The Morgan fingerprint density at radius 3 is 2.56 bits per heavy atom.